The van der Waals surface area contributed by atoms with Crippen LogP contribution in [0.3, 0.4) is 0 Å². The Labute approximate surface area is 216 Å². The summed E-state index contributed by atoms with van der Waals surface area (Å²) >= 11 is 0. The molecule has 2 aromatic carbocycles. The summed E-state index contributed by atoms with van der Waals surface area (Å²) in [5.41, 5.74) is 4.84. The number of rotatable bonds is 5. The Morgan fingerprint density at radius 3 is 2.51 bits per heavy atom. The van der Waals surface area contributed by atoms with E-state index in [1.807, 2.05) is 30.3 Å². The number of fused-ring (bicyclic) bond motifs is 1. The predicted molar refractivity (Wildman–Crippen MR) is 143 cm³/mol. The molecule has 0 bridgehead atoms. The van der Waals surface area contributed by atoms with E-state index in [-0.39, 0.29) is 6.09 Å². The molecular weight excluding hydrogens is 467 g/mol. The zero-order chi connectivity index (χ0) is 25.6. The number of piperidine rings is 1. The van der Waals surface area contributed by atoms with Crippen molar-refractivity contribution >= 4 is 22.7 Å². The number of likely N-dealkylation sites (tertiary alicyclic amines) is 1. The minimum atomic E-state index is -0.475. The fourth-order valence-electron chi connectivity index (χ4n) is 5.77. The first-order valence-electron chi connectivity index (χ1n) is 12.9. The van der Waals surface area contributed by atoms with Gasteiger partial charge in [0.15, 0.2) is 0 Å². The number of anilines is 1. The van der Waals surface area contributed by atoms with E-state index in [2.05, 4.69) is 52.7 Å². The van der Waals surface area contributed by atoms with Gasteiger partial charge >= 0.3 is 6.09 Å². The molecule has 2 aliphatic heterocycles. The molecule has 0 saturated carbocycles. The maximum atomic E-state index is 13.5. The SMILES string of the molecule is CC(C)n1cc(CN2CCC3(CC2)CN(c2ccccc2)C(=O)O3)c2c(-c3ccc(F)nc3)cccc21. The van der Waals surface area contributed by atoms with Crippen LogP contribution in [0.2, 0.25) is 0 Å². The topological polar surface area (TPSA) is 50.6 Å². The first-order chi connectivity index (χ1) is 17.9. The third kappa shape index (κ3) is 4.37. The number of carbonyl (C=O) groups excluding carboxylic acids is 1. The predicted octanol–water partition coefficient (Wildman–Crippen LogP) is 6.41. The van der Waals surface area contributed by atoms with Crippen molar-refractivity contribution in [3.8, 4) is 11.1 Å². The molecule has 2 aromatic heterocycles. The zero-order valence-electron chi connectivity index (χ0n) is 21.2. The minimum absolute atomic E-state index is 0.253. The molecule has 37 heavy (non-hydrogen) atoms. The number of aromatic nitrogens is 2. The fourth-order valence-corrected chi connectivity index (χ4v) is 5.77. The van der Waals surface area contributed by atoms with Gasteiger partial charge in [-0.05, 0) is 55.3 Å². The highest BCUT2D eigenvalue weighted by Gasteiger charge is 2.47. The van der Waals surface area contributed by atoms with Crippen molar-refractivity contribution in [2.45, 2.75) is 44.9 Å². The minimum Gasteiger partial charge on any atom is -0.441 e. The monoisotopic (exact) mass is 498 g/mol. The number of amides is 1. The molecule has 7 heteroatoms. The molecule has 190 valence electrons. The van der Waals surface area contributed by atoms with Gasteiger partial charge < -0.3 is 9.30 Å². The first-order valence-corrected chi connectivity index (χ1v) is 12.9. The van der Waals surface area contributed by atoms with Crippen LogP contribution in [-0.4, -0.2) is 45.8 Å². The molecule has 6 nitrogen and oxygen atoms in total. The molecule has 0 radical (unpaired) electrons. The second-order valence-electron chi connectivity index (χ2n) is 10.5. The Balaban J connectivity index is 1.25. The van der Waals surface area contributed by atoms with Gasteiger partial charge in [0.1, 0.15) is 5.60 Å². The van der Waals surface area contributed by atoms with Gasteiger partial charge in [-0.1, -0.05) is 30.3 Å². The molecule has 0 atom stereocenters. The summed E-state index contributed by atoms with van der Waals surface area (Å²) in [6, 6.07) is 19.6. The van der Waals surface area contributed by atoms with Crippen molar-refractivity contribution in [2.75, 3.05) is 24.5 Å². The number of halogens is 1. The molecule has 0 unspecified atom stereocenters. The van der Waals surface area contributed by atoms with Crippen molar-refractivity contribution in [3.05, 3.63) is 84.6 Å². The van der Waals surface area contributed by atoms with E-state index in [1.54, 1.807) is 17.2 Å². The Morgan fingerprint density at radius 1 is 1.03 bits per heavy atom. The molecular formula is C30H31FN4O2. The molecule has 4 heterocycles. The highest BCUT2D eigenvalue weighted by molar-refractivity contribution is 5.98. The third-order valence-corrected chi connectivity index (χ3v) is 7.73. The Bertz CT molecular complexity index is 1420. The van der Waals surface area contributed by atoms with E-state index >= 15 is 0 Å². The van der Waals surface area contributed by atoms with Gasteiger partial charge in [0.2, 0.25) is 5.95 Å². The zero-order valence-corrected chi connectivity index (χ0v) is 21.2. The van der Waals surface area contributed by atoms with Crippen LogP contribution in [0.5, 0.6) is 0 Å². The summed E-state index contributed by atoms with van der Waals surface area (Å²) in [5, 5.41) is 1.19. The van der Waals surface area contributed by atoms with Crippen molar-refractivity contribution in [2.24, 2.45) is 0 Å². The molecule has 1 spiro atoms. The number of ether oxygens (including phenoxy) is 1. The molecule has 2 saturated heterocycles. The van der Waals surface area contributed by atoms with Crippen molar-refractivity contribution in [1.29, 1.82) is 0 Å². The molecule has 1 amide bonds. The number of para-hydroxylation sites is 1. The maximum absolute atomic E-state index is 13.5. The second-order valence-corrected chi connectivity index (χ2v) is 10.5. The summed E-state index contributed by atoms with van der Waals surface area (Å²) in [6.45, 7) is 7.47. The second kappa shape index (κ2) is 9.30. The summed E-state index contributed by atoms with van der Waals surface area (Å²) in [6.07, 6.45) is 5.22. The van der Waals surface area contributed by atoms with E-state index in [1.165, 1.54) is 22.5 Å². The molecule has 6 rings (SSSR count). The third-order valence-electron chi connectivity index (χ3n) is 7.73. The number of pyridine rings is 1. The Kier molecular flexibility index (Phi) is 5.95. The fraction of sp³-hybridized carbons (Fsp3) is 0.333. The van der Waals surface area contributed by atoms with Crippen LogP contribution in [-0.2, 0) is 11.3 Å². The molecule has 4 aromatic rings. The quantitative estimate of drug-likeness (QED) is 0.298. The van der Waals surface area contributed by atoms with Crippen molar-refractivity contribution in [3.63, 3.8) is 0 Å². The summed E-state index contributed by atoms with van der Waals surface area (Å²) in [5.74, 6) is -0.475. The van der Waals surface area contributed by atoms with E-state index in [0.717, 1.165) is 49.3 Å². The van der Waals surface area contributed by atoms with Crippen molar-refractivity contribution in [1.82, 2.24) is 14.5 Å². The van der Waals surface area contributed by atoms with Crippen LogP contribution < -0.4 is 4.90 Å². The van der Waals surface area contributed by atoms with Crippen LogP contribution in [0.1, 0.15) is 38.3 Å². The van der Waals surface area contributed by atoms with Gasteiger partial charge in [-0.3, -0.25) is 9.80 Å². The largest absolute Gasteiger partial charge is 0.441 e. The number of nitrogens with zero attached hydrogens (tertiary/aromatic N) is 4. The average molecular weight is 499 g/mol. The van der Waals surface area contributed by atoms with Gasteiger partial charge in [-0.2, -0.15) is 4.39 Å². The molecule has 0 aliphatic carbocycles. The number of carbonyl (C=O) groups is 1. The summed E-state index contributed by atoms with van der Waals surface area (Å²) < 4.78 is 21.8. The van der Waals surface area contributed by atoms with Crippen LogP contribution in [0.15, 0.2) is 73.1 Å². The van der Waals surface area contributed by atoms with Crippen LogP contribution in [0.25, 0.3) is 22.0 Å². The van der Waals surface area contributed by atoms with Gasteiger partial charge in [0.05, 0.1) is 6.54 Å². The van der Waals surface area contributed by atoms with Crippen LogP contribution in [0, 0.1) is 5.95 Å². The maximum Gasteiger partial charge on any atom is 0.415 e. The van der Waals surface area contributed by atoms with Gasteiger partial charge in [0.25, 0.3) is 0 Å². The Morgan fingerprint density at radius 2 is 1.81 bits per heavy atom. The standard InChI is InChI=1S/C30H31FN4O2/c1-21(2)34-19-23(28-25(9-6-10-26(28)34)22-11-12-27(31)32-17-22)18-33-15-13-30(14-16-33)20-35(29(36)37-30)24-7-4-3-5-8-24/h3-12,17,19,21H,13-16,18,20H2,1-2H3. The van der Waals surface area contributed by atoms with E-state index in [4.69, 9.17) is 4.74 Å². The van der Waals surface area contributed by atoms with Crippen LogP contribution in [0.4, 0.5) is 14.9 Å². The lowest BCUT2D eigenvalue weighted by atomic mass is 9.91. The number of hydrogen-bond donors (Lipinski definition) is 0. The smallest absolute Gasteiger partial charge is 0.415 e. The van der Waals surface area contributed by atoms with Gasteiger partial charge in [-0.15, -0.1) is 0 Å². The first kappa shape index (κ1) is 23.7. The molecule has 2 aliphatic rings. The summed E-state index contributed by atoms with van der Waals surface area (Å²) in [7, 11) is 0. The number of hydrogen-bond acceptors (Lipinski definition) is 4. The Hall–Kier alpha value is -3.71. The average Bonchev–Trinajstić information content (AvgIpc) is 3.44. The lowest BCUT2D eigenvalue weighted by Gasteiger charge is -2.37. The van der Waals surface area contributed by atoms with E-state index in [9.17, 15) is 9.18 Å². The number of benzene rings is 2. The van der Waals surface area contributed by atoms with E-state index in [0.29, 0.717) is 12.6 Å². The highest BCUT2D eigenvalue weighted by Crippen LogP contribution is 2.38. The van der Waals surface area contributed by atoms with Gasteiger partial charge in [0, 0.05) is 73.1 Å². The van der Waals surface area contributed by atoms with E-state index < -0.39 is 11.5 Å². The lowest BCUT2D eigenvalue weighted by Crippen LogP contribution is -2.46. The lowest BCUT2D eigenvalue weighted by molar-refractivity contribution is -0.000890. The van der Waals surface area contributed by atoms with Crippen molar-refractivity contribution < 1.29 is 13.9 Å². The summed E-state index contributed by atoms with van der Waals surface area (Å²) in [4.78, 5) is 20.8. The molecule has 0 N–H and O–H groups in total. The van der Waals surface area contributed by atoms with Crippen LogP contribution >= 0.6 is 0 Å². The van der Waals surface area contributed by atoms with Gasteiger partial charge in [-0.25, -0.2) is 9.78 Å². The molecule has 2 fully saturated rings. The highest BCUT2D eigenvalue weighted by atomic mass is 19.1. The normalized spacial score (nSPS) is 17.7.